The van der Waals surface area contributed by atoms with Crippen molar-refractivity contribution in [3.05, 3.63) is 35.4 Å². The molecule has 0 spiro atoms. The lowest BCUT2D eigenvalue weighted by atomic mass is 9.96. The second-order valence-electron chi connectivity index (χ2n) is 7.36. The van der Waals surface area contributed by atoms with E-state index in [0.29, 0.717) is 31.5 Å². The second-order valence-corrected chi connectivity index (χ2v) is 7.36. The van der Waals surface area contributed by atoms with E-state index in [1.54, 1.807) is 31.1 Å². The predicted octanol–water partition coefficient (Wildman–Crippen LogP) is 2.42. The van der Waals surface area contributed by atoms with Crippen molar-refractivity contribution in [3.63, 3.8) is 0 Å². The van der Waals surface area contributed by atoms with Gasteiger partial charge < -0.3 is 20.9 Å². The number of carbonyl (C=O) groups excluding carboxylic acids is 3. The molecule has 1 aliphatic rings. The van der Waals surface area contributed by atoms with Crippen molar-refractivity contribution in [2.75, 3.05) is 20.6 Å². The van der Waals surface area contributed by atoms with Gasteiger partial charge in [0.15, 0.2) is 0 Å². The Hall–Kier alpha value is -2.57. The van der Waals surface area contributed by atoms with E-state index >= 15 is 0 Å². The number of urea groups is 1. The Morgan fingerprint density at radius 1 is 1.07 bits per heavy atom. The summed E-state index contributed by atoms with van der Waals surface area (Å²) >= 11 is 0. The van der Waals surface area contributed by atoms with Crippen LogP contribution in [0.1, 0.15) is 60.9 Å². The molecule has 3 N–H and O–H groups in total. The first-order valence-corrected chi connectivity index (χ1v) is 10.1. The summed E-state index contributed by atoms with van der Waals surface area (Å²) in [5, 5.41) is 8.42. The van der Waals surface area contributed by atoms with E-state index in [4.69, 9.17) is 0 Å². The summed E-state index contributed by atoms with van der Waals surface area (Å²) in [7, 11) is 3.36. The molecule has 0 atom stereocenters. The molecule has 1 aromatic carbocycles. The maximum Gasteiger partial charge on any atom is 0.315 e. The fourth-order valence-corrected chi connectivity index (χ4v) is 3.38. The van der Waals surface area contributed by atoms with Gasteiger partial charge in [-0.15, -0.1) is 0 Å². The number of benzene rings is 1. The fourth-order valence-electron chi connectivity index (χ4n) is 3.38. The van der Waals surface area contributed by atoms with Gasteiger partial charge >= 0.3 is 6.03 Å². The number of nitrogens with one attached hydrogen (secondary N) is 3. The van der Waals surface area contributed by atoms with Gasteiger partial charge in [0, 0.05) is 45.2 Å². The minimum absolute atomic E-state index is 0.0323. The molecule has 28 heavy (non-hydrogen) atoms. The molecule has 0 aliphatic heterocycles. The van der Waals surface area contributed by atoms with Crippen LogP contribution in [0.4, 0.5) is 4.79 Å². The van der Waals surface area contributed by atoms with Gasteiger partial charge in [-0.25, -0.2) is 4.79 Å². The van der Waals surface area contributed by atoms with Crippen molar-refractivity contribution in [1.29, 1.82) is 0 Å². The van der Waals surface area contributed by atoms with Crippen LogP contribution in [0.15, 0.2) is 24.3 Å². The van der Waals surface area contributed by atoms with Crippen molar-refractivity contribution in [3.8, 4) is 0 Å². The molecule has 7 heteroatoms. The van der Waals surface area contributed by atoms with Gasteiger partial charge in [-0.3, -0.25) is 9.59 Å². The Labute approximate surface area is 167 Å². The quantitative estimate of drug-likeness (QED) is 0.598. The monoisotopic (exact) mass is 388 g/mol. The standard InChI is InChI=1S/C21H32N4O3/c1-22-20(27)17-12-10-16(11-13-17)15-25(2)19(26)9-6-14-23-21(28)24-18-7-4-3-5-8-18/h10-13,18H,3-9,14-15H2,1-2H3,(H,22,27)(H2,23,24,28). The van der Waals surface area contributed by atoms with Gasteiger partial charge in [0.25, 0.3) is 5.91 Å². The number of amides is 4. The average Bonchev–Trinajstić information content (AvgIpc) is 2.71. The van der Waals surface area contributed by atoms with E-state index in [2.05, 4.69) is 16.0 Å². The number of rotatable bonds is 8. The van der Waals surface area contributed by atoms with Crippen molar-refractivity contribution in [2.24, 2.45) is 0 Å². The SMILES string of the molecule is CNC(=O)c1ccc(CN(C)C(=O)CCCNC(=O)NC2CCCCC2)cc1. The first kappa shape index (κ1) is 21.7. The van der Waals surface area contributed by atoms with Crippen molar-refractivity contribution in [2.45, 2.75) is 57.5 Å². The molecule has 0 unspecified atom stereocenters. The van der Waals surface area contributed by atoms with Crippen LogP contribution in [0.5, 0.6) is 0 Å². The summed E-state index contributed by atoms with van der Waals surface area (Å²) in [4.78, 5) is 37.4. The highest BCUT2D eigenvalue weighted by atomic mass is 16.2. The van der Waals surface area contributed by atoms with E-state index in [1.807, 2.05) is 12.1 Å². The van der Waals surface area contributed by atoms with Gasteiger partial charge in [-0.1, -0.05) is 31.4 Å². The van der Waals surface area contributed by atoms with Crippen molar-refractivity contribution in [1.82, 2.24) is 20.9 Å². The zero-order valence-corrected chi connectivity index (χ0v) is 16.9. The molecular weight excluding hydrogens is 356 g/mol. The number of nitrogens with zero attached hydrogens (tertiary/aromatic N) is 1. The number of hydrogen-bond acceptors (Lipinski definition) is 3. The molecule has 7 nitrogen and oxygen atoms in total. The number of carbonyl (C=O) groups is 3. The normalized spacial score (nSPS) is 14.2. The summed E-state index contributed by atoms with van der Waals surface area (Å²) in [6.45, 7) is 0.974. The van der Waals surface area contributed by atoms with E-state index < -0.39 is 0 Å². The fraction of sp³-hybridized carbons (Fsp3) is 0.571. The summed E-state index contributed by atoms with van der Waals surface area (Å²) < 4.78 is 0. The third-order valence-corrected chi connectivity index (χ3v) is 5.08. The average molecular weight is 389 g/mol. The molecule has 0 radical (unpaired) electrons. The molecule has 1 aromatic rings. The highest BCUT2D eigenvalue weighted by Gasteiger charge is 2.15. The van der Waals surface area contributed by atoms with Crippen LogP contribution in [0, 0.1) is 0 Å². The maximum atomic E-state index is 12.3. The van der Waals surface area contributed by atoms with Crippen molar-refractivity contribution >= 4 is 17.8 Å². The molecule has 0 bridgehead atoms. The van der Waals surface area contributed by atoms with Crippen LogP contribution >= 0.6 is 0 Å². The molecule has 0 aromatic heterocycles. The summed E-state index contributed by atoms with van der Waals surface area (Å²) in [5.41, 5.74) is 1.56. The topological polar surface area (TPSA) is 90.5 Å². The smallest absolute Gasteiger partial charge is 0.315 e. The highest BCUT2D eigenvalue weighted by molar-refractivity contribution is 5.93. The lowest BCUT2D eigenvalue weighted by Gasteiger charge is -2.23. The van der Waals surface area contributed by atoms with E-state index in [-0.39, 0.29) is 23.9 Å². The number of hydrogen-bond donors (Lipinski definition) is 3. The van der Waals surface area contributed by atoms with Crippen LogP contribution in [0.2, 0.25) is 0 Å². The molecular formula is C21H32N4O3. The molecule has 154 valence electrons. The van der Waals surface area contributed by atoms with Gasteiger partial charge in [0.05, 0.1) is 0 Å². The minimum atomic E-state index is -0.135. The molecule has 1 fully saturated rings. The first-order valence-electron chi connectivity index (χ1n) is 10.1. The molecule has 1 aliphatic carbocycles. The van der Waals surface area contributed by atoms with Crippen LogP contribution in [0.3, 0.4) is 0 Å². The van der Waals surface area contributed by atoms with Crippen LogP contribution in [-0.2, 0) is 11.3 Å². The van der Waals surface area contributed by atoms with Crippen LogP contribution in [-0.4, -0.2) is 49.4 Å². The van der Waals surface area contributed by atoms with Gasteiger partial charge in [-0.2, -0.15) is 0 Å². The van der Waals surface area contributed by atoms with Gasteiger partial charge in [-0.05, 0) is 37.0 Å². The summed E-state index contributed by atoms with van der Waals surface area (Å²) in [6.07, 6.45) is 6.73. The largest absolute Gasteiger partial charge is 0.355 e. The predicted molar refractivity (Wildman–Crippen MR) is 109 cm³/mol. The molecule has 4 amide bonds. The first-order chi connectivity index (χ1) is 13.5. The third kappa shape index (κ3) is 7.21. The zero-order chi connectivity index (χ0) is 20.4. The van der Waals surface area contributed by atoms with Crippen molar-refractivity contribution < 1.29 is 14.4 Å². The Morgan fingerprint density at radius 3 is 2.39 bits per heavy atom. The third-order valence-electron chi connectivity index (χ3n) is 5.08. The van der Waals surface area contributed by atoms with Crippen LogP contribution in [0.25, 0.3) is 0 Å². The lowest BCUT2D eigenvalue weighted by molar-refractivity contribution is -0.130. The van der Waals surface area contributed by atoms with E-state index in [0.717, 1.165) is 18.4 Å². The summed E-state index contributed by atoms with van der Waals surface area (Å²) in [5.74, 6) is -0.0964. The van der Waals surface area contributed by atoms with E-state index in [9.17, 15) is 14.4 Å². The molecule has 0 heterocycles. The minimum Gasteiger partial charge on any atom is -0.355 e. The van der Waals surface area contributed by atoms with Crippen LogP contribution < -0.4 is 16.0 Å². The Balaban J connectivity index is 1.63. The molecule has 1 saturated carbocycles. The summed E-state index contributed by atoms with van der Waals surface area (Å²) in [6, 6.07) is 7.36. The lowest BCUT2D eigenvalue weighted by Crippen LogP contribution is -2.43. The van der Waals surface area contributed by atoms with E-state index in [1.165, 1.54) is 19.3 Å². The second kappa shape index (κ2) is 11.3. The Bertz CT molecular complexity index is 654. The van der Waals surface area contributed by atoms with Gasteiger partial charge in [0.1, 0.15) is 0 Å². The Kier molecular flexibility index (Phi) is 8.78. The molecule has 2 rings (SSSR count). The highest BCUT2D eigenvalue weighted by Crippen LogP contribution is 2.17. The van der Waals surface area contributed by atoms with Gasteiger partial charge in [0.2, 0.25) is 5.91 Å². The zero-order valence-electron chi connectivity index (χ0n) is 16.9. The Morgan fingerprint density at radius 2 is 1.75 bits per heavy atom. The maximum absolute atomic E-state index is 12.3. The molecule has 0 saturated heterocycles.